The predicted molar refractivity (Wildman–Crippen MR) is 137 cm³/mol. The number of benzene rings is 2. The van der Waals surface area contributed by atoms with Gasteiger partial charge in [-0.2, -0.15) is 0 Å². The highest BCUT2D eigenvalue weighted by molar-refractivity contribution is 5.84. The standard InChI is InChI=1S/C29H34N2O6/c1-35-26-12-21-7-8-30(28(32)29-14-18-9-19(15-29)11-20(10-18)16-29)25(24(21)13-27(26)36-2)17-37-23-5-3-22(4-6-23)31(33)34/h3-6,12-13,18-20,25H,7-11,14-17H2,1-2H3. The van der Waals surface area contributed by atoms with Crippen LogP contribution >= 0.6 is 0 Å². The van der Waals surface area contributed by atoms with E-state index < -0.39 is 4.92 Å². The van der Waals surface area contributed by atoms with Crippen molar-refractivity contribution in [2.24, 2.45) is 23.2 Å². The van der Waals surface area contributed by atoms with Crippen LogP contribution in [0.2, 0.25) is 0 Å². The first-order valence-electron chi connectivity index (χ1n) is 13.3. The summed E-state index contributed by atoms with van der Waals surface area (Å²) in [5.74, 6) is 4.19. The van der Waals surface area contributed by atoms with Gasteiger partial charge in [0.05, 0.1) is 30.6 Å². The number of amides is 1. The first-order valence-corrected chi connectivity index (χ1v) is 13.3. The molecule has 0 spiro atoms. The lowest BCUT2D eigenvalue weighted by atomic mass is 9.49. The molecule has 1 aliphatic heterocycles. The van der Waals surface area contributed by atoms with Crippen LogP contribution in [0.3, 0.4) is 0 Å². The number of nitrogens with zero attached hydrogens (tertiary/aromatic N) is 2. The minimum atomic E-state index is -0.424. The number of nitro benzene ring substituents is 1. The Morgan fingerprint density at radius 3 is 2.16 bits per heavy atom. The molecule has 0 radical (unpaired) electrons. The molecule has 4 fully saturated rings. The highest BCUT2D eigenvalue weighted by atomic mass is 16.6. The topological polar surface area (TPSA) is 91.1 Å². The summed E-state index contributed by atoms with van der Waals surface area (Å²) in [6.45, 7) is 0.899. The number of hydrogen-bond acceptors (Lipinski definition) is 6. The van der Waals surface area contributed by atoms with Crippen LogP contribution < -0.4 is 14.2 Å². The lowest BCUT2D eigenvalue weighted by molar-refractivity contribution is -0.384. The van der Waals surface area contributed by atoms with E-state index in [4.69, 9.17) is 14.2 Å². The zero-order valence-corrected chi connectivity index (χ0v) is 21.5. The summed E-state index contributed by atoms with van der Waals surface area (Å²) in [5, 5.41) is 11.0. The molecular weight excluding hydrogens is 472 g/mol. The van der Waals surface area contributed by atoms with E-state index in [9.17, 15) is 14.9 Å². The molecule has 1 heterocycles. The maximum Gasteiger partial charge on any atom is 0.269 e. The maximum atomic E-state index is 14.4. The molecule has 0 aromatic heterocycles. The van der Waals surface area contributed by atoms with Gasteiger partial charge in [-0.3, -0.25) is 14.9 Å². The molecule has 1 amide bonds. The second-order valence-electron chi connectivity index (χ2n) is 11.4. The van der Waals surface area contributed by atoms with E-state index in [0.29, 0.717) is 41.5 Å². The van der Waals surface area contributed by atoms with E-state index in [1.807, 2.05) is 12.1 Å². The van der Waals surface area contributed by atoms with E-state index in [1.54, 1.807) is 26.4 Å². The lowest BCUT2D eigenvalue weighted by Gasteiger charge is -2.57. The molecule has 2 aromatic rings. The molecule has 196 valence electrons. The van der Waals surface area contributed by atoms with Gasteiger partial charge in [0.25, 0.3) is 5.69 Å². The third-order valence-corrected chi connectivity index (χ3v) is 9.21. The molecule has 5 aliphatic rings. The van der Waals surface area contributed by atoms with Crippen LogP contribution in [-0.4, -0.2) is 43.1 Å². The van der Waals surface area contributed by atoms with Crippen LogP contribution in [0.5, 0.6) is 17.2 Å². The van der Waals surface area contributed by atoms with Crippen LogP contribution in [0, 0.1) is 33.3 Å². The molecule has 37 heavy (non-hydrogen) atoms. The monoisotopic (exact) mass is 506 g/mol. The molecule has 4 aliphatic carbocycles. The molecule has 0 saturated heterocycles. The Bertz CT molecular complexity index is 1170. The Hall–Kier alpha value is -3.29. The third-order valence-electron chi connectivity index (χ3n) is 9.21. The highest BCUT2D eigenvalue weighted by Gasteiger charge is 2.56. The predicted octanol–water partition coefficient (Wildman–Crippen LogP) is 5.33. The van der Waals surface area contributed by atoms with E-state index >= 15 is 0 Å². The van der Waals surface area contributed by atoms with Gasteiger partial charge >= 0.3 is 0 Å². The summed E-state index contributed by atoms with van der Waals surface area (Å²) < 4.78 is 17.3. The van der Waals surface area contributed by atoms with Crippen molar-refractivity contribution in [1.82, 2.24) is 4.90 Å². The van der Waals surface area contributed by atoms with Crippen LogP contribution in [0.25, 0.3) is 0 Å². The van der Waals surface area contributed by atoms with E-state index in [1.165, 1.54) is 31.4 Å². The van der Waals surface area contributed by atoms with Crippen molar-refractivity contribution in [3.63, 3.8) is 0 Å². The van der Waals surface area contributed by atoms with E-state index in [2.05, 4.69) is 4.90 Å². The summed E-state index contributed by atoms with van der Waals surface area (Å²) >= 11 is 0. The normalized spacial score (nSPS) is 29.5. The smallest absolute Gasteiger partial charge is 0.269 e. The van der Waals surface area contributed by atoms with Gasteiger partial charge in [0, 0.05) is 18.7 Å². The van der Waals surface area contributed by atoms with Gasteiger partial charge in [-0.15, -0.1) is 0 Å². The Kier molecular flexibility index (Phi) is 6.00. The van der Waals surface area contributed by atoms with Crippen molar-refractivity contribution in [3.05, 3.63) is 57.6 Å². The fourth-order valence-corrected chi connectivity index (χ4v) is 7.97. The van der Waals surface area contributed by atoms with Crippen molar-refractivity contribution >= 4 is 11.6 Å². The second-order valence-corrected chi connectivity index (χ2v) is 11.4. The van der Waals surface area contributed by atoms with Gasteiger partial charge in [0.2, 0.25) is 5.91 Å². The zero-order chi connectivity index (χ0) is 25.7. The van der Waals surface area contributed by atoms with E-state index in [0.717, 1.165) is 36.8 Å². The van der Waals surface area contributed by atoms with Gasteiger partial charge in [0.15, 0.2) is 11.5 Å². The number of ether oxygens (including phenoxy) is 3. The number of rotatable bonds is 7. The quantitative estimate of drug-likeness (QED) is 0.372. The molecule has 2 aromatic carbocycles. The molecular formula is C29H34N2O6. The van der Waals surface area contributed by atoms with Crippen LogP contribution in [0.1, 0.15) is 55.7 Å². The molecule has 4 saturated carbocycles. The average Bonchev–Trinajstić information content (AvgIpc) is 2.89. The largest absolute Gasteiger partial charge is 0.493 e. The summed E-state index contributed by atoms with van der Waals surface area (Å²) in [5.41, 5.74) is 1.92. The molecule has 8 heteroatoms. The summed E-state index contributed by atoms with van der Waals surface area (Å²) in [4.78, 5) is 27.1. The van der Waals surface area contributed by atoms with Gasteiger partial charge in [-0.1, -0.05) is 0 Å². The number of non-ortho nitro benzene ring substituents is 1. The van der Waals surface area contributed by atoms with Gasteiger partial charge in [-0.05, 0) is 98.1 Å². The van der Waals surface area contributed by atoms with Crippen LogP contribution in [0.15, 0.2) is 36.4 Å². The van der Waals surface area contributed by atoms with Gasteiger partial charge in [-0.25, -0.2) is 0 Å². The number of carbonyl (C=O) groups excluding carboxylic acids is 1. The third kappa shape index (κ3) is 4.20. The zero-order valence-electron chi connectivity index (χ0n) is 21.5. The van der Waals surface area contributed by atoms with Crippen molar-refractivity contribution in [2.45, 2.75) is 51.0 Å². The average molecular weight is 507 g/mol. The van der Waals surface area contributed by atoms with Crippen molar-refractivity contribution in [1.29, 1.82) is 0 Å². The van der Waals surface area contributed by atoms with Gasteiger partial charge < -0.3 is 19.1 Å². The van der Waals surface area contributed by atoms with E-state index in [-0.39, 0.29) is 29.7 Å². The molecule has 8 nitrogen and oxygen atoms in total. The fourth-order valence-electron chi connectivity index (χ4n) is 7.97. The molecule has 4 bridgehead atoms. The van der Waals surface area contributed by atoms with Gasteiger partial charge in [0.1, 0.15) is 12.4 Å². The van der Waals surface area contributed by atoms with Crippen molar-refractivity contribution in [3.8, 4) is 17.2 Å². The molecule has 1 atom stereocenters. The number of fused-ring (bicyclic) bond motifs is 1. The highest BCUT2D eigenvalue weighted by Crippen LogP contribution is 2.61. The summed E-state index contributed by atoms with van der Waals surface area (Å²) in [6, 6.07) is 9.83. The fraction of sp³-hybridized carbons (Fsp3) is 0.552. The first-order chi connectivity index (χ1) is 17.9. The Morgan fingerprint density at radius 1 is 1.00 bits per heavy atom. The van der Waals surface area contributed by atoms with Crippen LogP contribution in [0.4, 0.5) is 5.69 Å². The van der Waals surface area contributed by atoms with Crippen molar-refractivity contribution in [2.75, 3.05) is 27.4 Å². The Balaban J connectivity index is 1.32. The second kappa shape index (κ2) is 9.23. The summed E-state index contributed by atoms with van der Waals surface area (Å²) in [6.07, 6.45) is 7.67. The molecule has 0 N–H and O–H groups in total. The van der Waals surface area contributed by atoms with Crippen LogP contribution in [-0.2, 0) is 11.2 Å². The Labute approximate surface area is 217 Å². The minimum absolute atomic E-state index is 0.0193. The number of carbonyl (C=O) groups is 1. The molecule has 1 unspecified atom stereocenters. The Morgan fingerprint density at radius 2 is 1.59 bits per heavy atom. The summed E-state index contributed by atoms with van der Waals surface area (Å²) in [7, 11) is 3.25. The lowest BCUT2D eigenvalue weighted by Crippen LogP contribution is -2.56. The number of nitro groups is 1. The van der Waals surface area contributed by atoms with Crippen molar-refractivity contribution < 1.29 is 23.9 Å². The maximum absolute atomic E-state index is 14.4. The number of hydrogen-bond donors (Lipinski definition) is 0. The number of methoxy groups -OCH3 is 2. The molecule has 7 rings (SSSR count). The minimum Gasteiger partial charge on any atom is -0.493 e. The first kappa shape index (κ1) is 24.1. The SMILES string of the molecule is COc1cc2c(cc1OC)C(COc1ccc([N+](=O)[O-])cc1)N(C(=O)C13CC4CC(CC(C4)C1)C3)CC2.